The second-order valence-electron chi connectivity index (χ2n) is 5.72. The molecule has 3 atom stereocenters. The van der Waals surface area contributed by atoms with Crippen LogP contribution < -0.4 is 11.1 Å². The van der Waals surface area contributed by atoms with Crippen molar-refractivity contribution in [2.75, 3.05) is 61.0 Å². The van der Waals surface area contributed by atoms with Gasteiger partial charge in [-0.1, -0.05) is 6.92 Å². The van der Waals surface area contributed by atoms with Crippen molar-refractivity contribution >= 4 is 56.5 Å². The number of nitrogens with two attached hydrogens (primary N) is 1. The predicted octanol–water partition coefficient (Wildman–Crippen LogP) is 0.975. The van der Waals surface area contributed by atoms with Gasteiger partial charge in [0.1, 0.15) is 12.1 Å². The van der Waals surface area contributed by atoms with Gasteiger partial charge in [0.25, 0.3) is 0 Å². The number of ether oxygens (including phenoxy) is 2. The van der Waals surface area contributed by atoms with Crippen LogP contribution in [0.2, 0.25) is 0 Å². The van der Waals surface area contributed by atoms with Crippen molar-refractivity contribution in [1.82, 2.24) is 5.32 Å². The molecule has 13 heteroatoms. The summed E-state index contributed by atoms with van der Waals surface area (Å²) in [6, 6.07) is -0.869. The van der Waals surface area contributed by atoms with Crippen LogP contribution in [0, 0.1) is 5.92 Å². The molecule has 0 rings (SSSR count). The molecule has 0 aliphatic rings. The Kier molecular flexibility index (Phi) is 53.8. The Morgan fingerprint density at radius 3 is 1.38 bits per heavy atom. The van der Waals surface area contributed by atoms with Crippen LogP contribution in [0.3, 0.4) is 0 Å². The Morgan fingerprint density at radius 1 is 0.882 bits per heavy atom. The van der Waals surface area contributed by atoms with Gasteiger partial charge in [-0.05, 0) is 40.8 Å². The zero-order valence-corrected chi connectivity index (χ0v) is 23.1. The van der Waals surface area contributed by atoms with E-state index in [-0.39, 0.29) is 18.0 Å². The van der Waals surface area contributed by atoms with E-state index in [0.717, 1.165) is 0 Å². The highest BCUT2D eigenvalue weighted by atomic mass is 32.2. The summed E-state index contributed by atoms with van der Waals surface area (Å²) in [5.41, 5.74) is 5.07. The molecule has 0 fully saturated rings. The number of methoxy groups -OCH3 is 2. The van der Waals surface area contributed by atoms with Crippen LogP contribution in [0.5, 0.6) is 0 Å². The van der Waals surface area contributed by atoms with E-state index in [1.807, 2.05) is 0 Å². The number of carbonyl (C=O) groups excluding carboxylic acids is 2. The second kappa shape index (κ2) is 40.7. The first-order valence-electron chi connectivity index (χ1n) is 9.65. The van der Waals surface area contributed by atoms with Crippen molar-refractivity contribution in [3.63, 3.8) is 0 Å². The van der Waals surface area contributed by atoms with Gasteiger partial charge >= 0.3 is 17.9 Å². The quantitative estimate of drug-likeness (QED) is 0.317. The number of thioether (sulfide) groups is 1. The van der Waals surface area contributed by atoms with Gasteiger partial charge in [-0.2, -0.15) is 11.8 Å². The van der Waals surface area contributed by atoms with E-state index in [4.69, 9.17) is 10.8 Å². The fourth-order valence-corrected chi connectivity index (χ4v) is 2.20. The number of hydrogen-bond acceptors (Lipinski definition) is 12. The summed E-state index contributed by atoms with van der Waals surface area (Å²) in [5.74, 6) is -0.912. The third-order valence-corrected chi connectivity index (χ3v) is 3.79. The predicted molar refractivity (Wildman–Crippen MR) is 147 cm³/mol. The van der Waals surface area contributed by atoms with E-state index in [1.54, 1.807) is 49.1 Å². The number of carboxylic acids is 1. The molecule has 0 heterocycles. The van der Waals surface area contributed by atoms with Crippen LogP contribution in [0.1, 0.15) is 13.8 Å². The first-order valence-corrected chi connectivity index (χ1v) is 10.8. The molecular formula is C21H46N6O6S. The lowest BCUT2D eigenvalue weighted by Gasteiger charge is -2.13. The van der Waals surface area contributed by atoms with Gasteiger partial charge in [0.2, 0.25) is 0 Å². The van der Waals surface area contributed by atoms with Gasteiger partial charge in [0, 0.05) is 39.7 Å². The van der Waals surface area contributed by atoms with Crippen LogP contribution in [0.25, 0.3) is 0 Å². The zero-order valence-electron chi connectivity index (χ0n) is 22.2. The fraction of sp³-hybridized carbons (Fsp3) is 0.667. The molecule has 0 aromatic heterocycles. The van der Waals surface area contributed by atoms with Crippen molar-refractivity contribution in [3.05, 3.63) is 0 Å². The van der Waals surface area contributed by atoms with Crippen LogP contribution in [-0.4, -0.2) is 123 Å². The standard InChI is InChI=1S/C9H17NO4S.C4H9NO2.4C2H5N/c1-6(8(11)12)4-15-5-7(10-2)9(13)14-3;1-3(5)4(6)7-2;4*1-3-2/h6-7,10H,4-5H2,1-3H3,(H,11,12);3H,5H2,1-2H3;4*1H2,2H3. The molecule has 0 amide bonds. The first kappa shape index (κ1) is 44.9. The van der Waals surface area contributed by atoms with E-state index in [0.29, 0.717) is 11.5 Å². The maximum Gasteiger partial charge on any atom is 0.323 e. The van der Waals surface area contributed by atoms with Crippen LogP contribution in [0.4, 0.5) is 0 Å². The van der Waals surface area contributed by atoms with E-state index >= 15 is 0 Å². The molecule has 0 radical (unpaired) electrons. The number of aliphatic carboxylic acids is 1. The molecule has 0 saturated carbocycles. The Labute approximate surface area is 209 Å². The number of hydrogen-bond donors (Lipinski definition) is 3. The van der Waals surface area contributed by atoms with Gasteiger partial charge in [-0.3, -0.25) is 14.4 Å². The first-order chi connectivity index (χ1) is 15.9. The Bertz CT molecular complexity index is 498. The Hall–Kier alpha value is -2.64. The highest BCUT2D eigenvalue weighted by molar-refractivity contribution is 7.99. The molecule has 34 heavy (non-hydrogen) atoms. The van der Waals surface area contributed by atoms with Crippen molar-refractivity contribution in [3.8, 4) is 0 Å². The average Bonchev–Trinajstić information content (AvgIpc) is 2.78. The number of carbonyl (C=O) groups is 3. The molecule has 0 saturated heterocycles. The molecule has 4 N–H and O–H groups in total. The maximum atomic E-state index is 11.1. The molecule has 0 aliphatic heterocycles. The minimum absolute atomic E-state index is 0.326. The molecule has 0 aromatic carbocycles. The molecule has 0 aliphatic carbocycles. The van der Waals surface area contributed by atoms with E-state index in [9.17, 15) is 14.4 Å². The van der Waals surface area contributed by atoms with E-state index in [1.165, 1.54) is 26.0 Å². The number of rotatable bonds is 8. The Morgan fingerprint density at radius 2 is 1.21 bits per heavy atom. The summed E-state index contributed by atoms with van der Waals surface area (Å²) >= 11 is 1.42. The largest absolute Gasteiger partial charge is 0.481 e. The third kappa shape index (κ3) is 51.8. The third-order valence-electron chi connectivity index (χ3n) is 2.48. The van der Waals surface area contributed by atoms with Gasteiger partial charge in [-0.15, -0.1) is 0 Å². The summed E-state index contributed by atoms with van der Waals surface area (Å²) in [4.78, 5) is 44.8. The van der Waals surface area contributed by atoms with Crippen LogP contribution in [0.15, 0.2) is 20.0 Å². The lowest BCUT2D eigenvalue weighted by atomic mass is 10.2. The topological polar surface area (TPSA) is 177 Å². The summed E-state index contributed by atoms with van der Waals surface area (Å²) in [6.07, 6.45) is 0. The maximum absolute atomic E-state index is 11.1. The lowest BCUT2D eigenvalue weighted by Crippen LogP contribution is -2.37. The molecular weight excluding hydrogens is 464 g/mol. The van der Waals surface area contributed by atoms with Crippen molar-refractivity contribution in [2.24, 2.45) is 31.6 Å². The van der Waals surface area contributed by atoms with Gasteiger partial charge in [0.05, 0.1) is 20.1 Å². The van der Waals surface area contributed by atoms with Crippen molar-refractivity contribution in [2.45, 2.75) is 25.9 Å². The summed E-state index contributed by atoms with van der Waals surface area (Å²) in [5, 5.41) is 11.5. The van der Waals surface area contributed by atoms with Crippen LogP contribution >= 0.6 is 11.8 Å². The fourth-order valence-electron chi connectivity index (χ4n) is 1.03. The number of aliphatic imine (C=N–C) groups is 4. The molecule has 0 spiro atoms. The van der Waals surface area contributed by atoms with Gasteiger partial charge in [-0.25, -0.2) is 0 Å². The van der Waals surface area contributed by atoms with Crippen LogP contribution in [-0.2, 0) is 23.9 Å². The molecule has 12 nitrogen and oxygen atoms in total. The lowest BCUT2D eigenvalue weighted by molar-refractivity contribution is -0.142. The molecule has 3 unspecified atom stereocenters. The SMILES string of the molecule is C=NC.C=NC.C=NC.C=NC.CNC(CSCC(C)C(=O)O)C(=O)OC.COC(=O)C(C)N. The van der Waals surface area contributed by atoms with E-state index < -0.39 is 17.9 Å². The molecule has 0 bridgehead atoms. The smallest absolute Gasteiger partial charge is 0.323 e. The highest BCUT2D eigenvalue weighted by Crippen LogP contribution is 2.10. The average molecular weight is 511 g/mol. The number of nitrogens with one attached hydrogen (secondary N) is 1. The minimum Gasteiger partial charge on any atom is -0.481 e. The monoisotopic (exact) mass is 510 g/mol. The second-order valence-corrected chi connectivity index (χ2v) is 6.79. The van der Waals surface area contributed by atoms with Crippen molar-refractivity contribution in [1.29, 1.82) is 0 Å². The van der Waals surface area contributed by atoms with Gasteiger partial charge in [0.15, 0.2) is 0 Å². The number of carboxylic acid groups (broad SMARTS) is 1. The van der Waals surface area contributed by atoms with Crippen molar-refractivity contribution < 1.29 is 29.0 Å². The normalized spacial score (nSPS) is 10.5. The highest BCUT2D eigenvalue weighted by Gasteiger charge is 2.18. The van der Waals surface area contributed by atoms with E-state index in [2.05, 4.69) is 61.6 Å². The molecule has 0 aromatic rings. The summed E-state index contributed by atoms with van der Waals surface area (Å²) in [7, 11) is 10.9. The summed E-state index contributed by atoms with van der Waals surface area (Å²) in [6.45, 7) is 15.7. The van der Waals surface area contributed by atoms with Gasteiger partial charge < -0.3 is 45.6 Å². The number of nitrogens with zero attached hydrogens (tertiary/aromatic N) is 4. The minimum atomic E-state index is -0.818. The molecule has 202 valence electrons. The Balaban J connectivity index is -0.0000000852. The number of esters is 2. The number of likely N-dealkylation sites (N-methyl/N-ethyl adjacent to an activating group) is 1. The zero-order chi connectivity index (χ0) is 28.5. The summed E-state index contributed by atoms with van der Waals surface area (Å²) < 4.78 is 8.82.